The van der Waals surface area contributed by atoms with Crippen LogP contribution >= 0.6 is 11.3 Å². The third kappa shape index (κ3) is 4.71. The molecule has 0 unspecified atom stereocenters. The molecule has 1 aromatic rings. The third-order valence-electron chi connectivity index (χ3n) is 5.16. The van der Waals surface area contributed by atoms with Gasteiger partial charge in [0.25, 0.3) is 0 Å². The van der Waals surface area contributed by atoms with Crippen LogP contribution in [0.5, 0.6) is 0 Å². The molecule has 1 aromatic heterocycles. The number of carbonyl (C=O) groups excluding carboxylic acids is 2. The minimum Gasteiger partial charge on any atom is -0.375 e. The second-order valence-corrected chi connectivity index (χ2v) is 8.46. The molecule has 1 aliphatic heterocycles. The van der Waals surface area contributed by atoms with Gasteiger partial charge in [-0.3, -0.25) is 9.59 Å². The number of amides is 2. The quantitative estimate of drug-likeness (QED) is 0.839. The van der Waals surface area contributed by atoms with Gasteiger partial charge in [-0.05, 0) is 31.1 Å². The van der Waals surface area contributed by atoms with Crippen LogP contribution in [0, 0.1) is 11.8 Å². The van der Waals surface area contributed by atoms with Gasteiger partial charge in [-0.25, -0.2) is 4.98 Å². The van der Waals surface area contributed by atoms with Gasteiger partial charge >= 0.3 is 0 Å². The molecule has 138 valence electrons. The minimum absolute atomic E-state index is 0.110. The summed E-state index contributed by atoms with van der Waals surface area (Å²) in [6, 6.07) is 0.120. The fraction of sp³-hybridized carbons (Fsp3) is 0.722. The van der Waals surface area contributed by atoms with Crippen molar-refractivity contribution in [3.8, 4) is 0 Å². The van der Waals surface area contributed by atoms with Crippen molar-refractivity contribution in [2.75, 3.05) is 25.4 Å². The summed E-state index contributed by atoms with van der Waals surface area (Å²) in [7, 11) is 0. The van der Waals surface area contributed by atoms with Crippen molar-refractivity contribution in [3.05, 3.63) is 11.1 Å². The number of hydrogen-bond acceptors (Lipinski definition) is 5. The summed E-state index contributed by atoms with van der Waals surface area (Å²) in [6.07, 6.45) is 3.92. The molecule has 0 aromatic carbocycles. The third-order valence-corrected chi connectivity index (χ3v) is 5.89. The monoisotopic (exact) mass is 364 g/mol. The Morgan fingerprint density at radius 3 is 2.80 bits per heavy atom. The summed E-state index contributed by atoms with van der Waals surface area (Å²) in [5.74, 6) is 1.32. The predicted molar refractivity (Wildman–Crippen MR) is 99.1 cm³/mol. The lowest BCUT2D eigenvalue weighted by Crippen LogP contribution is -2.48. The van der Waals surface area contributed by atoms with Gasteiger partial charge in [0.1, 0.15) is 0 Å². The van der Waals surface area contributed by atoms with Crippen LogP contribution in [0.3, 0.4) is 0 Å². The van der Waals surface area contributed by atoms with E-state index in [1.165, 1.54) is 24.2 Å². The summed E-state index contributed by atoms with van der Waals surface area (Å²) in [4.78, 5) is 33.4. The first-order valence-electron chi connectivity index (χ1n) is 9.21. The summed E-state index contributed by atoms with van der Waals surface area (Å²) in [5.41, 5.74) is 6.52. The SMILES string of the molecule is CC(C)[C@H]1CN(C(=O)CCc2csc(N)n2)CCC(=O)N1CC1CC1. The molecule has 2 aliphatic rings. The largest absolute Gasteiger partial charge is 0.375 e. The molecule has 1 atom stereocenters. The van der Waals surface area contributed by atoms with Gasteiger partial charge < -0.3 is 15.5 Å². The number of carbonyl (C=O) groups is 2. The molecule has 6 nitrogen and oxygen atoms in total. The Balaban J connectivity index is 1.62. The molecular formula is C18H28N4O2S. The number of anilines is 1. The fourth-order valence-corrected chi connectivity index (χ4v) is 4.02. The smallest absolute Gasteiger partial charge is 0.224 e. The average Bonchev–Trinajstić information content (AvgIpc) is 3.32. The second kappa shape index (κ2) is 7.72. The normalized spacial score (nSPS) is 21.7. The molecule has 25 heavy (non-hydrogen) atoms. The number of aryl methyl sites for hydroxylation is 1. The van der Waals surface area contributed by atoms with Crippen LogP contribution < -0.4 is 5.73 Å². The van der Waals surface area contributed by atoms with Crippen LogP contribution in [0.4, 0.5) is 5.13 Å². The van der Waals surface area contributed by atoms with Gasteiger partial charge in [-0.15, -0.1) is 11.3 Å². The molecule has 2 fully saturated rings. The summed E-state index contributed by atoms with van der Waals surface area (Å²) < 4.78 is 0. The van der Waals surface area contributed by atoms with E-state index < -0.39 is 0 Å². The molecule has 1 saturated heterocycles. The van der Waals surface area contributed by atoms with Crippen LogP contribution in [0.25, 0.3) is 0 Å². The van der Waals surface area contributed by atoms with Crippen LogP contribution in [0.2, 0.25) is 0 Å². The van der Waals surface area contributed by atoms with Crippen molar-refractivity contribution in [1.29, 1.82) is 0 Å². The number of aromatic nitrogens is 1. The van der Waals surface area contributed by atoms with Gasteiger partial charge in [0, 0.05) is 37.9 Å². The molecular weight excluding hydrogens is 336 g/mol. The molecule has 1 aliphatic carbocycles. The highest BCUT2D eigenvalue weighted by Gasteiger charge is 2.36. The number of nitrogens with two attached hydrogens (primary N) is 1. The number of hydrogen-bond donors (Lipinski definition) is 1. The zero-order chi connectivity index (χ0) is 18.0. The molecule has 2 amide bonds. The first-order valence-corrected chi connectivity index (χ1v) is 10.1. The van der Waals surface area contributed by atoms with E-state index in [0.29, 0.717) is 49.3 Å². The van der Waals surface area contributed by atoms with Crippen molar-refractivity contribution in [2.24, 2.45) is 11.8 Å². The standard InChI is InChI=1S/C18H28N4O2S/c1-12(2)15-10-21(8-7-17(24)22(15)9-13-3-4-13)16(23)6-5-14-11-25-18(19)20-14/h11-13,15H,3-10H2,1-2H3,(H2,19,20)/t15-/m1/s1. The Morgan fingerprint density at radius 1 is 1.44 bits per heavy atom. The Bertz CT molecular complexity index is 626. The van der Waals surface area contributed by atoms with Crippen molar-refractivity contribution < 1.29 is 9.59 Å². The lowest BCUT2D eigenvalue weighted by molar-refractivity contribution is -0.134. The average molecular weight is 365 g/mol. The maximum Gasteiger partial charge on any atom is 0.224 e. The Kier molecular flexibility index (Phi) is 5.61. The maximum absolute atomic E-state index is 12.7. The molecule has 2 heterocycles. The number of rotatable bonds is 6. The van der Waals surface area contributed by atoms with E-state index in [4.69, 9.17) is 5.73 Å². The Morgan fingerprint density at radius 2 is 2.20 bits per heavy atom. The molecule has 0 radical (unpaired) electrons. The van der Waals surface area contributed by atoms with E-state index in [1.807, 2.05) is 10.3 Å². The zero-order valence-corrected chi connectivity index (χ0v) is 15.9. The summed E-state index contributed by atoms with van der Waals surface area (Å²) >= 11 is 1.40. The van der Waals surface area contributed by atoms with E-state index in [-0.39, 0.29) is 17.9 Å². The minimum atomic E-state index is 0.110. The molecule has 3 rings (SSSR count). The van der Waals surface area contributed by atoms with Crippen LogP contribution in [0.15, 0.2) is 5.38 Å². The Hall–Kier alpha value is -1.63. The van der Waals surface area contributed by atoms with Crippen LogP contribution in [0.1, 0.15) is 45.2 Å². The lowest BCUT2D eigenvalue weighted by atomic mass is 10.0. The van der Waals surface area contributed by atoms with Gasteiger partial charge in [-0.1, -0.05) is 13.8 Å². The fourth-order valence-electron chi connectivity index (χ4n) is 3.42. The van der Waals surface area contributed by atoms with E-state index in [2.05, 4.69) is 23.7 Å². The zero-order valence-electron chi connectivity index (χ0n) is 15.1. The van der Waals surface area contributed by atoms with Crippen LogP contribution in [-0.2, 0) is 16.0 Å². The van der Waals surface area contributed by atoms with Gasteiger partial charge in [0.05, 0.1) is 11.7 Å². The number of thiazole rings is 1. The first kappa shape index (κ1) is 18.2. The highest BCUT2D eigenvalue weighted by Crippen LogP contribution is 2.32. The van der Waals surface area contributed by atoms with E-state index >= 15 is 0 Å². The molecule has 2 N–H and O–H groups in total. The summed E-state index contributed by atoms with van der Waals surface area (Å²) in [5, 5.41) is 2.45. The van der Waals surface area contributed by atoms with Gasteiger partial charge in [0.15, 0.2) is 5.13 Å². The van der Waals surface area contributed by atoms with E-state index in [0.717, 1.165) is 12.2 Å². The summed E-state index contributed by atoms with van der Waals surface area (Å²) in [6.45, 7) is 6.32. The second-order valence-electron chi connectivity index (χ2n) is 7.57. The number of nitrogens with zero attached hydrogens (tertiary/aromatic N) is 3. The highest BCUT2D eigenvalue weighted by molar-refractivity contribution is 7.13. The predicted octanol–water partition coefficient (Wildman–Crippen LogP) is 2.15. The van der Waals surface area contributed by atoms with Crippen molar-refractivity contribution in [3.63, 3.8) is 0 Å². The Labute approximate surface area is 153 Å². The van der Waals surface area contributed by atoms with Gasteiger partial charge in [0.2, 0.25) is 11.8 Å². The molecule has 0 bridgehead atoms. The molecule has 1 saturated carbocycles. The van der Waals surface area contributed by atoms with Gasteiger partial charge in [-0.2, -0.15) is 0 Å². The van der Waals surface area contributed by atoms with Crippen LogP contribution in [-0.4, -0.2) is 52.3 Å². The molecule has 7 heteroatoms. The maximum atomic E-state index is 12.7. The first-order chi connectivity index (χ1) is 11.9. The van der Waals surface area contributed by atoms with E-state index in [9.17, 15) is 9.59 Å². The lowest BCUT2D eigenvalue weighted by Gasteiger charge is -2.34. The molecule has 0 spiro atoms. The van der Waals surface area contributed by atoms with Crippen molar-refractivity contribution in [1.82, 2.24) is 14.8 Å². The topological polar surface area (TPSA) is 79.5 Å². The van der Waals surface area contributed by atoms with Crippen molar-refractivity contribution in [2.45, 2.75) is 52.0 Å². The van der Waals surface area contributed by atoms with E-state index in [1.54, 1.807) is 0 Å². The number of nitrogen functional groups attached to an aromatic ring is 1. The van der Waals surface area contributed by atoms with Crippen molar-refractivity contribution >= 4 is 28.3 Å². The highest BCUT2D eigenvalue weighted by atomic mass is 32.1.